The molecule has 98 valence electrons. The maximum Gasteiger partial charge on any atom is 0.326 e. The molecule has 0 fully saturated rings. The van der Waals surface area contributed by atoms with Crippen LogP contribution in [0.4, 0.5) is 0 Å². The van der Waals surface area contributed by atoms with Crippen LogP contribution in [0.2, 0.25) is 0 Å². The van der Waals surface area contributed by atoms with Gasteiger partial charge < -0.3 is 10.4 Å². The van der Waals surface area contributed by atoms with E-state index < -0.39 is 12.0 Å². The van der Waals surface area contributed by atoms with Gasteiger partial charge in [-0.25, -0.2) is 4.79 Å². The lowest BCUT2D eigenvalue weighted by atomic mass is 10.1. The molecule has 0 aliphatic heterocycles. The number of carboxylic acid groups (broad SMARTS) is 1. The lowest BCUT2D eigenvalue weighted by Gasteiger charge is -2.13. The Morgan fingerprint density at radius 2 is 2.06 bits per heavy atom. The number of nitrogens with zero attached hydrogens (tertiary/aromatic N) is 1. The van der Waals surface area contributed by atoms with E-state index >= 15 is 0 Å². The number of amides is 1. The molecule has 2 N–H and O–H groups in total. The monoisotopic (exact) mass is 250 g/mol. The van der Waals surface area contributed by atoms with Crippen molar-refractivity contribution in [2.75, 3.05) is 0 Å². The van der Waals surface area contributed by atoms with Crippen LogP contribution in [0.15, 0.2) is 24.5 Å². The second kappa shape index (κ2) is 7.42. The fourth-order valence-corrected chi connectivity index (χ4v) is 1.60. The van der Waals surface area contributed by atoms with Gasteiger partial charge in [0.15, 0.2) is 0 Å². The van der Waals surface area contributed by atoms with Gasteiger partial charge in [0.1, 0.15) is 6.04 Å². The summed E-state index contributed by atoms with van der Waals surface area (Å²) in [4.78, 5) is 26.5. The van der Waals surface area contributed by atoms with Crippen LogP contribution in [0.1, 0.15) is 31.7 Å². The van der Waals surface area contributed by atoms with E-state index in [9.17, 15) is 9.59 Å². The van der Waals surface area contributed by atoms with E-state index in [1.165, 1.54) is 0 Å². The van der Waals surface area contributed by atoms with Crippen molar-refractivity contribution in [1.29, 1.82) is 0 Å². The van der Waals surface area contributed by atoms with Crippen LogP contribution in [0, 0.1) is 0 Å². The first kappa shape index (κ1) is 14.2. The molecule has 0 spiro atoms. The van der Waals surface area contributed by atoms with Crippen molar-refractivity contribution in [1.82, 2.24) is 10.3 Å². The molecule has 5 heteroatoms. The molecule has 1 amide bonds. The van der Waals surface area contributed by atoms with Crippen molar-refractivity contribution in [2.45, 2.75) is 38.6 Å². The summed E-state index contributed by atoms with van der Waals surface area (Å²) in [5.74, 6) is -1.25. The minimum absolute atomic E-state index is 0.179. The van der Waals surface area contributed by atoms with E-state index in [0.29, 0.717) is 6.42 Å². The van der Waals surface area contributed by atoms with Gasteiger partial charge in [-0.05, 0) is 24.1 Å². The van der Waals surface area contributed by atoms with Crippen LogP contribution in [0.5, 0.6) is 0 Å². The zero-order valence-corrected chi connectivity index (χ0v) is 10.4. The first-order valence-electron chi connectivity index (χ1n) is 6.04. The number of carboxylic acids is 1. The minimum atomic E-state index is -0.980. The van der Waals surface area contributed by atoms with Crippen LogP contribution >= 0.6 is 0 Å². The molecule has 1 aromatic heterocycles. The van der Waals surface area contributed by atoms with E-state index in [4.69, 9.17) is 5.11 Å². The molecule has 18 heavy (non-hydrogen) atoms. The van der Waals surface area contributed by atoms with Crippen molar-refractivity contribution < 1.29 is 14.7 Å². The maximum atomic E-state index is 11.7. The molecule has 0 aliphatic rings. The summed E-state index contributed by atoms with van der Waals surface area (Å²) in [5.41, 5.74) is 0.821. The highest BCUT2D eigenvalue weighted by atomic mass is 16.4. The molecule has 0 unspecified atom stereocenters. The predicted molar refractivity (Wildman–Crippen MR) is 67.0 cm³/mol. The normalized spacial score (nSPS) is 11.8. The summed E-state index contributed by atoms with van der Waals surface area (Å²) in [5, 5.41) is 11.5. The first-order chi connectivity index (χ1) is 8.63. The van der Waals surface area contributed by atoms with Crippen LogP contribution in [0.3, 0.4) is 0 Å². The van der Waals surface area contributed by atoms with E-state index in [2.05, 4.69) is 10.3 Å². The number of unbranched alkanes of at least 4 members (excludes halogenated alkanes) is 1. The fourth-order valence-electron chi connectivity index (χ4n) is 1.60. The molecule has 0 saturated heterocycles. The molecular formula is C13H18N2O3. The highest BCUT2D eigenvalue weighted by molar-refractivity contribution is 5.84. The van der Waals surface area contributed by atoms with Crippen LogP contribution in [-0.2, 0) is 16.0 Å². The molecule has 1 atom stereocenters. The van der Waals surface area contributed by atoms with E-state index in [-0.39, 0.29) is 12.3 Å². The Hall–Kier alpha value is -1.91. The third kappa shape index (κ3) is 4.95. The lowest BCUT2D eigenvalue weighted by molar-refractivity contribution is -0.142. The number of rotatable bonds is 7. The number of aliphatic carboxylic acids is 1. The van der Waals surface area contributed by atoms with Crippen molar-refractivity contribution >= 4 is 11.9 Å². The Bertz CT molecular complexity index is 392. The van der Waals surface area contributed by atoms with Crippen LogP contribution < -0.4 is 5.32 Å². The Labute approximate surface area is 106 Å². The summed E-state index contributed by atoms with van der Waals surface area (Å²) in [6, 6.07) is 2.68. The lowest BCUT2D eigenvalue weighted by Crippen LogP contribution is -2.41. The second-order valence-corrected chi connectivity index (χ2v) is 4.13. The molecular weight excluding hydrogens is 232 g/mol. The second-order valence-electron chi connectivity index (χ2n) is 4.13. The van der Waals surface area contributed by atoms with Gasteiger partial charge in [0, 0.05) is 12.4 Å². The summed E-state index contributed by atoms with van der Waals surface area (Å²) in [7, 11) is 0. The zero-order valence-electron chi connectivity index (χ0n) is 10.4. The Balaban J connectivity index is 2.48. The summed E-state index contributed by atoms with van der Waals surface area (Å²) in [6.07, 6.45) is 5.55. The standard InChI is InChI=1S/C13H18N2O3/c1-2-3-4-11(13(17)18)15-12(16)9-10-5-7-14-8-6-10/h5-8,11H,2-4,9H2,1H3,(H,15,16)(H,17,18)/t11-/m0/s1. The van der Waals surface area contributed by atoms with E-state index in [0.717, 1.165) is 18.4 Å². The van der Waals surface area contributed by atoms with Gasteiger partial charge >= 0.3 is 5.97 Å². The number of hydrogen-bond acceptors (Lipinski definition) is 3. The quantitative estimate of drug-likeness (QED) is 0.766. The minimum Gasteiger partial charge on any atom is -0.480 e. The molecule has 0 aliphatic carbocycles. The first-order valence-corrected chi connectivity index (χ1v) is 6.04. The third-order valence-corrected chi connectivity index (χ3v) is 2.59. The molecule has 5 nitrogen and oxygen atoms in total. The van der Waals surface area contributed by atoms with Gasteiger partial charge in [-0.15, -0.1) is 0 Å². The number of carbonyl (C=O) groups excluding carboxylic acids is 1. The van der Waals surface area contributed by atoms with Gasteiger partial charge in [0.05, 0.1) is 6.42 Å². The van der Waals surface area contributed by atoms with Gasteiger partial charge in [-0.1, -0.05) is 19.8 Å². The molecule has 0 radical (unpaired) electrons. The third-order valence-electron chi connectivity index (χ3n) is 2.59. The van der Waals surface area contributed by atoms with E-state index in [1.54, 1.807) is 24.5 Å². The smallest absolute Gasteiger partial charge is 0.326 e. The number of nitrogens with one attached hydrogen (secondary N) is 1. The van der Waals surface area contributed by atoms with Crippen molar-refractivity contribution in [3.05, 3.63) is 30.1 Å². The molecule has 0 aromatic carbocycles. The molecule has 0 saturated carbocycles. The molecule has 1 aromatic rings. The summed E-state index contributed by atoms with van der Waals surface area (Å²) >= 11 is 0. The van der Waals surface area contributed by atoms with Gasteiger partial charge in [0.2, 0.25) is 5.91 Å². The van der Waals surface area contributed by atoms with Crippen LogP contribution in [-0.4, -0.2) is 28.0 Å². The number of aromatic nitrogens is 1. The van der Waals surface area contributed by atoms with E-state index in [1.807, 2.05) is 6.92 Å². The topological polar surface area (TPSA) is 79.3 Å². The molecule has 1 rings (SSSR count). The van der Waals surface area contributed by atoms with Gasteiger partial charge in [-0.3, -0.25) is 9.78 Å². The number of pyridine rings is 1. The fraction of sp³-hybridized carbons (Fsp3) is 0.462. The zero-order chi connectivity index (χ0) is 13.4. The SMILES string of the molecule is CCCC[C@H](NC(=O)Cc1ccncc1)C(=O)O. The summed E-state index contributed by atoms with van der Waals surface area (Å²) < 4.78 is 0. The molecule has 1 heterocycles. The highest BCUT2D eigenvalue weighted by Crippen LogP contribution is 2.03. The highest BCUT2D eigenvalue weighted by Gasteiger charge is 2.18. The van der Waals surface area contributed by atoms with Crippen molar-refractivity contribution in [3.8, 4) is 0 Å². The number of hydrogen-bond donors (Lipinski definition) is 2. The molecule has 0 bridgehead atoms. The number of carbonyl (C=O) groups is 2. The van der Waals surface area contributed by atoms with Crippen molar-refractivity contribution in [2.24, 2.45) is 0 Å². The van der Waals surface area contributed by atoms with Gasteiger partial charge in [-0.2, -0.15) is 0 Å². The maximum absolute atomic E-state index is 11.7. The average molecular weight is 250 g/mol. The van der Waals surface area contributed by atoms with Crippen LogP contribution in [0.25, 0.3) is 0 Å². The Morgan fingerprint density at radius 1 is 1.39 bits per heavy atom. The van der Waals surface area contributed by atoms with Crippen molar-refractivity contribution in [3.63, 3.8) is 0 Å². The van der Waals surface area contributed by atoms with Gasteiger partial charge in [0.25, 0.3) is 0 Å². The Morgan fingerprint density at radius 3 is 2.61 bits per heavy atom. The Kier molecular flexibility index (Phi) is 5.84. The predicted octanol–water partition coefficient (Wildman–Crippen LogP) is 1.38. The average Bonchev–Trinajstić information content (AvgIpc) is 2.35. The summed E-state index contributed by atoms with van der Waals surface area (Å²) in [6.45, 7) is 1.98. The largest absolute Gasteiger partial charge is 0.480 e.